The Balaban J connectivity index is 0. The Labute approximate surface area is 103 Å². The third-order valence-corrected chi connectivity index (χ3v) is 0.667. The summed E-state index contributed by atoms with van der Waals surface area (Å²) in [7, 11) is 0. The summed E-state index contributed by atoms with van der Waals surface area (Å²) in [6, 6.07) is 12.0. The van der Waals surface area contributed by atoms with Gasteiger partial charge in [0.15, 0.2) is 0 Å². The van der Waals surface area contributed by atoms with Crippen molar-refractivity contribution in [2.75, 3.05) is 0 Å². The van der Waals surface area contributed by atoms with Crippen molar-refractivity contribution in [1.82, 2.24) is 0 Å². The average molecular weight is 197 g/mol. The Morgan fingerprint density at radius 2 is 0.625 bits per heavy atom. The molecule has 0 bridgehead atoms. The van der Waals surface area contributed by atoms with Gasteiger partial charge in [0.2, 0.25) is 0 Å². The predicted molar refractivity (Wildman–Crippen MR) is 26.4 cm³/mol. The molecule has 38 valence electrons. The van der Waals surface area contributed by atoms with Crippen molar-refractivity contribution in [3.05, 3.63) is 36.4 Å². The van der Waals surface area contributed by atoms with Gasteiger partial charge in [-0.3, -0.25) is 0 Å². The van der Waals surface area contributed by atoms with E-state index in [1.165, 1.54) is 0 Å². The van der Waals surface area contributed by atoms with Gasteiger partial charge >= 0.3 is 51.4 Å². The van der Waals surface area contributed by atoms with E-state index in [0.717, 1.165) is 0 Å². The molecule has 1 rings (SSSR count). The molecule has 1 aromatic carbocycles. The molecule has 0 atom stereocenters. The summed E-state index contributed by atoms with van der Waals surface area (Å²) in [5.41, 5.74) is 0. The van der Waals surface area contributed by atoms with Gasteiger partial charge in [-0.1, -0.05) is 36.4 Å². The van der Waals surface area contributed by atoms with E-state index < -0.39 is 0 Å². The SMILES string of the molecule is [Br-].[K+].c1ccccc1. The molecule has 0 heterocycles. The van der Waals surface area contributed by atoms with Gasteiger partial charge in [0.25, 0.3) is 0 Å². The maximum absolute atomic E-state index is 2.00. The van der Waals surface area contributed by atoms with Gasteiger partial charge in [0.05, 0.1) is 0 Å². The largest absolute Gasteiger partial charge is 1.00 e. The second-order valence-corrected chi connectivity index (χ2v) is 1.15. The maximum Gasteiger partial charge on any atom is 1.00 e. The summed E-state index contributed by atoms with van der Waals surface area (Å²) >= 11 is 0. The Kier molecular flexibility index (Phi) is 12.6. The number of benzene rings is 1. The van der Waals surface area contributed by atoms with Crippen LogP contribution >= 0.6 is 0 Å². The molecule has 0 nitrogen and oxygen atoms in total. The number of hydrogen-bond acceptors (Lipinski definition) is 0. The summed E-state index contributed by atoms with van der Waals surface area (Å²) in [6.07, 6.45) is 0. The molecule has 8 heavy (non-hydrogen) atoms. The molecule has 2 heteroatoms. The first-order valence-electron chi connectivity index (χ1n) is 2.00. The molecule has 0 aliphatic rings. The van der Waals surface area contributed by atoms with Gasteiger partial charge in [-0.2, -0.15) is 0 Å². The zero-order valence-corrected chi connectivity index (χ0v) is 9.55. The molecule has 0 aliphatic carbocycles. The van der Waals surface area contributed by atoms with Crippen molar-refractivity contribution in [1.29, 1.82) is 0 Å². The van der Waals surface area contributed by atoms with Crippen LogP contribution < -0.4 is 68.4 Å². The summed E-state index contributed by atoms with van der Waals surface area (Å²) in [5, 5.41) is 0. The van der Waals surface area contributed by atoms with E-state index in [2.05, 4.69) is 0 Å². The fourth-order valence-corrected chi connectivity index (χ4v) is 0.385. The quantitative estimate of drug-likeness (QED) is 0.369. The number of hydrogen-bond donors (Lipinski definition) is 0. The van der Waals surface area contributed by atoms with Gasteiger partial charge in [-0.15, -0.1) is 0 Å². The van der Waals surface area contributed by atoms with Gasteiger partial charge in [0.1, 0.15) is 0 Å². The normalized spacial score (nSPS) is 6.00. The molecule has 0 aliphatic heterocycles. The Hall–Kier alpha value is 1.34. The molecule has 0 amide bonds. The smallest absolute Gasteiger partial charge is 1.00 e. The summed E-state index contributed by atoms with van der Waals surface area (Å²) in [5.74, 6) is 0. The van der Waals surface area contributed by atoms with Crippen molar-refractivity contribution in [2.24, 2.45) is 0 Å². The van der Waals surface area contributed by atoms with Gasteiger partial charge in [0, 0.05) is 0 Å². The van der Waals surface area contributed by atoms with E-state index >= 15 is 0 Å². The molecule has 0 radical (unpaired) electrons. The Morgan fingerprint density at radius 1 is 0.500 bits per heavy atom. The first-order chi connectivity index (χ1) is 3.00. The predicted octanol–water partition coefficient (Wildman–Crippen LogP) is -4.31. The van der Waals surface area contributed by atoms with E-state index in [1.54, 1.807) is 0 Å². The molecule has 1 aromatic rings. The molecule has 0 saturated carbocycles. The Bertz CT molecular complexity index is 80.5. The first-order valence-corrected chi connectivity index (χ1v) is 2.00. The van der Waals surface area contributed by atoms with Crippen molar-refractivity contribution >= 4 is 0 Å². The van der Waals surface area contributed by atoms with Crippen molar-refractivity contribution in [3.8, 4) is 0 Å². The average Bonchev–Trinajstić information content (AvgIpc) is 1.72. The van der Waals surface area contributed by atoms with Crippen molar-refractivity contribution < 1.29 is 68.4 Å². The summed E-state index contributed by atoms with van der Waals surface area (Å²) < 4.78 is 0. The number of halogens is 1. The minimum absolute atomic E-state index is 0. The summed E-state index contributed by atoms with van der Waals surface area (Å²) in [4.78, 5) is 0. The minimum Gasteiger partial charge on any atom is -1.00 e. The second-order valence-electron chi connectivity index (χ2n) is 1.15. The molecule has 0 fully saturated rings. The van der Waals surface area contributed by atoms with Crippen LogP contribution in [-0.4, -0.2) is 0 Å². The Morgan fingerprint density at radius 3 is 0.750 bits per heavy atom. The van der Waals surface area contributed by atoms with Crippen LogP contribution in [0.3, 0.4) is 0 Å². The van der Waals surface area contributed by atoms with E-state index in [9.17, 15) is 0 Å². The molecule has 0 N–H and O–H groups in total. The number of rotatable bonds is 0. The third-order valence-electron chi connectivity index (χ3n) is 0.667. The van der Waals surface area contributed by atoms with E-state index in [1.807, 2.05) is 36.4 Å². The molecular weight excluding hydrogens is 191 g/mol. The first kappa shape index (κ1) is 12.1. The van der Waals surface area contributed by atoms with E-state index in [-0.39, 0.29) is 68.4 Å². The fourth-order valence-electron chi connectivity index (χ4n) is 0.385. The molecule has 0 saturated heterocycles. The van der Waals surface area contributed by atoms with E-state index in [4.69, 9.17) is 0 Å². The standard InChI is InChI=1S/C6H6.BrH.K/c1-2-4-6-5-3-1;;/h1-6H;1H;/q;;+1/p-1. The minimum atomic E-state index is 0. The fraction of sp³-hybridized carbons (Fsp3) is 0. The van der Waals surface area contributed by atoms with Gasteiger partial charge in [-0.25, -0.2) is 0 Å². The molecule has 0 spiro atoms. The van der Waals surface area contributed by atoms with Crippen LogP contribution in [-0.2, 0) is 0 Å². The van der Waals surface area contributed by atoms with Crippen LogP contribution in [0.2, 0.25) is 0 Å². The molecule has 0 aromatic heterocycles. The second kappa shape index (κ2) is 8.34. The van der Waals surface area contributed by atoms with Crippen molar-refractivity contribution in [2.45, 2.75) is 0 Å². The monoisotopic (exact) mass is 196 g/mol. The van der Waals surface area contributed by atoms with Crippen LogP contribution in [0.1, 0.15) is 0 Å². The van der Waals surface area contributed by atoms with Crippen molar-refractivity contribution in [3.63, 3.8) is 0 Å². The van der Waals surface area contributed by atoms with Gasteiger partial charge < -0.3 is 17.0 Å². The summed E-state index contributed by atoms with van der Waals surface area (Å²) in [6.45, 7) is 0. The maximum atomic E-state index is 2.00. The van der Waals surface area contributed by atoms with Crippen LogP contribution in [0, 0.1) is 0 Å². The molecule has 0 unspecified atom stereocenters. The third kappa shape index (κ3) is 5.47. The van der Waals surface area contributed by atoms with Crippen LogP contribution in [0.4, 0.5) is 0 Å². The van der Waals surface area contributed by atoms with E-state index in [0.29, 0.717) is 0 Å². The zero-order valence-electron chi connectivity index (χ0n) is 4.84. The van der Waals surface area contributed by atoms with Gasteiger partial charge in [-0.05, 0) is 0 Å². The topological polar surface area (TPSA) is 0 Å². The zero-order chi connectivity index (χ0) is 4.24. The molecular formula is C6H6BrK. The van der Waals surface area contributed by atoms with Crippen LogP contribution in [0.15, 0.2) is 36.4 Å². The van der Waals surface area contributed by atoms with Crippen LogP contribution in [0.5, 0.6) is 0 Å². The van der Waals surface area contributed by atoms with Crippen LogP contribution in [0.25, 0.3) is 0 Å².